The highest BCUT2D eigenvalue weighted by molar-refractivity contribution is 5.91. The summed E-state index contributed by atoms with van der Waals surface area (Å²) in [4.78, 5) is 11.8. The molecule has 2 rings (SSSR count). The van der Waals surface area contributed by atoms with Gasteiger partial charge in [-0.05, 0) is 24.6 Å². The van der Waals surface area contributed by atoms with Gasteiger partial charge in [0.2, 0.25) is 0 Å². The molecule has 0 aliphatic carbocycles. The fourth-order valence-corrected chi connectivity index (χ4v) is 1.66. The summed E-state index contributed by atoms with van der Waals surface area (Å²) in [5, 5.41) is 8.53. The van der Waals surface area contributed by atoms with Crippen LogP contribution in [0.1, 0.15) is 21.5 Å². The van der Waals surface area contributed by atoms with Crippen LogP contribution in [-0.2, 0) is 0 Å². The monoisotopic (exact) mass is 291 g/mol. The van der Waals surface area contributed by atoms with Gasteiger partial charge in [-0.1, -0.05) is 6.07 Å². The van der Waals surface area contributed by atoms with Crippen LogP contribution in [0, 0.1) is 35.7 Å². The zero-order chi connectivity index (χ0) is 15.6. The lowest BCUT2D eigenvalue weighted by atomic mass is 10.1. The van der Waals surface area contributed by atoms with Gasteiger partial charge in [0.1, 0.15) is 34.8 Å². The van der Waals surface area contributed by atoms with Gasteiger partial charge < -0.3 is 4.74 Å². The van der Waals surface area contributed by atoms with E-state index >= 15 is 0 Å². The highest BCUT2D eigenvalue weighted by Crippen LogP contribution is 2.21. The molecule has 3 nitrogen and oxygen atoms in total. The summed E-state index contributed by atoms with van der Waals surface area (Å²) in [7, 11) is 0. The van der Waals surface area contributed by atoms with E-state index in [1.165, 1.54) is 18.2 Å². The number of halogens is 3. The van der Waals surface area contributed by atoms with Gasteiger partial charge in [-0.2, -0.15) is 5.26 Å². The zero-order valence-corrected chi connectivity index (χ0v) is 10.8. The number of carbonyl (C=O) groups excluding carboxylic acids is 1. The molecule has 0 fully saturated rings. The fraction of sp³-hybridized carbons (Fsp3) is 0.0667. The average Bonchev–Trinajstić information content (AvgIpc) is 2.37. The van der Waals surface area contributed by atoms with Gasteiger partial charge >= 0.3 is 5.97 Å². The van der Waals surface area contributed by atoms with Gasteiger partial charge in [-0.3, -0.25) is 0 Å². The fourth-order valence-electron chi connectivity index (χ4n) is 1.66. The number of esters is 1. The maximum Gasteiger partial charge on any atom is 0.346 e. The number of hydrogen-bond acceptors (Lipinski definition) is 3. The van der Waals surface area contributed by atoms with Crippen molar-refractivity contribution in [2.75, 3.05) is 0 Å². The molecule has 0 unspecified atom stereocenters. The van der Waals surface area contributed by atoms with Gasteiger partial charge in [0.25, 0.3) is 0 Å². The Morgan fingerprint density at radius 2 is 1.71 bits per heavy atom. The zero-order valence-electron chi connectivity index (χ0n) is 10.8. The molecule has 6 heteroatoms. The number of nitriles is 1. The van der Waals surface area contributed by atoms with Crippen LogP contribution in [0.15, 0.2) is 30.3 Å². The summed E-state index contributed by atoms with van der Waals surface area (Å²) in [5.74, 6) is -4.66. The van der Waals surface area contributed by atoms with E-state index in [-0.39, 0.29) is 5.56 Å². The van der Waals surface area contributed by atoms with Gasteiger partial charge in [-0.25, -0.2) is 18.0 Å². The molecule has 0 aliphatic rings. The lowest BCUT2D eigenvalue weighted by Gasteiger charge is -2.07. The third-order valence-electron chi connectivity index (χ3n) is 2.68. The Balaban J connectivity index is 2.30. The van der Waals surface area contributed by atoms with Crippen molar-refractivity contribution in [2.24, 2.45) is 0 Å². The van der Waals surface area contributed by atoms with E-state index in [1.807, 2.05) is 0 Å². The van der Waals surface area contributed by atoms with Crippen molar-refractivity contribution in [3.05, 3.63) is 64.5 Å². The number of benzene rings is 2. The van der Waals surface area contributed by atoms with Gasteiger partial charge in [0.15, 0.2) is 0 Å². The highest BCUT2D eigenvalue weighted by atomic mass is 19.1. The second kappa shape index (κ2) is 5.67. The number of hydrogen-bond donors (Lipinski definition) is 0. The van der Waals surface area contributed by atoms with Crippen molar-refractivity contribution < 1.29 is 22.7 Å². The van der Waals surface area contributed by atoms with Crippen LogP contribution in [0.3, 0.4) is 0 Å². The third kappa shape index (κ3) is 3.03. The summed E-state index contributed by atoms with van der Waals surface area (Å²) >= 11 is 0. The highest BCUT2D eigenvalue weighted by Gasteiger charge is 2.17. The molecule has 106 valence electrons. The minimum Gasteiger partial charge on any atom is -0.423 e. The molecule has 0 spiro atoms. The third-order valence-corrected chi connectivity index (χ3v) is 2.68. The minimum atomic E-state index is -1.16. The molecular formula is C15H8F3NO2. The van der Waals surface area contributed by atoms with Crippen LogP contribution in [0.4, 0.5) is 13.2 Å². The Morgan fingerprint density at radius 3 is 2.24 bits per heavy atom. The van der Waals surface area contributed by atoms with Gasteiger partial charge in [-0.15, -0.1) is 0 Å². The van der Waals surface area contributed by atoms with Crippen LogP contribution >= 0.6 is 0 Å². The van der Waals surface area contributed by atoms with Crippen LogP contribution in [0.5, 0.6) is 5.75 Å². The Labute approximate surface area is 118 Å². The molecule has 0 amide bonds. The van der Waals surface area contributed by atoms with E-state index in [9.17, 15) is 18.0 Å². The van der Waals surface area contributed by atoms with E-state index in [1.54, 1.807) is 6.92 Å². The summed E-state index contributed by atoms with van der Waals surface area (Å²) in [6, 6.07) is 6.56. The van der Waals surface area contributed by atoms with E-state index < -0.39 is 34.7 Å². The minimum absolute atomic E-state index is 0.356. The molecule has 0 aliphatic heterocycles. The van der Waals surface area contributed by atoms with Crippen molar-refractivity contribution in [1.29, 1.82) is 5.26 Å². The van der Waals surface area contributed by atoms with Crippen molar-refractivity contribution >= 4 is 5.97 Å². The van der Waals surface area contributed by atoms with Crippen LogP contribution in [0.25, 0.3) is 0 Å². The van der Waals surface area contributed by atoms with Gasteiger partial charge in [0.05, 0.1) is 5.56 Å². The first kappa shape index (κ1) is 14.6. The lowest BCUT2D eigenvalue weighted by molar-refractivity contribution is 0.0729. The first-order valence-electron chi connectivity index (χ1n) is 5.80. The summed E-state index contributed by atoms with van der Waals surface area (Å²) in [6.07, 6.45) is 0. The average molecular weight is 291 g/mol. The van der Waals surface area contributed by atoms with Crippen molar-refractivity contribution in [1.82, 2.24) is 0 Å². The number of rotatable bonds is 2. The van der Waals surface area contributed by atoms with Crippen molar-refractivity contribution in [2.45, 2.75) is 6.92 Å². The number of aryl methyl sites for hydroxylation is 1. The molecular weight excluding hydrogens is 283 g/mol. The van der Waals surface area contributed by atoms with Crippen LogP contribution < -0.4 is 4.74 Å². The van der Waals surface area contributed by atoms with Crippen LogP contribution in [-0.4, -0.2) is 5.97 Å². The number of nitrogens with zero attached hydrogens (tertiary/aromatic N) is 1. The van der Waals surface area contributed by atoms with E-state index in [4.69, 9.17) is 10.00 Å². The molecule has 0 bridgehead atoms. The van der Waals surface area contributed by atoms with Gasteiger partial charge in [0, 0.05) is 12.1 Å². The van der Waals surface area contributed by atoms with Crippen molar-refractivity contribution in [3.8, 4) is 11.8 Å². The Bertz CT molecular complexity index is 743. The number of carbonyl (C=O) groups is 1. The predicted octanol–water partition coefficient (Wildman–Crippen LogP) is 3.50. The van der Waals surface area contributed by atoms with E-state index in [2.05, 4.69) is 0 Å². The van der Waals surface area contributed by atoms with E-state index in [0.29, 0.717) is 17.7 Å². The molecule has 0 aromatic heterocycles. The second-order valence-corrected chi connectivity index (χ2v) is 4.25. The molecule has 2 aromatic carbocycles. The normalized spacial score (nSPS) is 10.0. The second-order valence-electron chi connectivity index (χ2n) is 4.25. The standard InChI is InChI=1S/C15H8F3NO2/c1-8-2-3-10(12(16)4-8)15(20)21-9-5-13(17)11(7-19)14(18)6-9/h2-6H,1H3. The van der Waals surface area contributed by atoms with E-state index in [0.717, 1.165) is 6.07 Å². The SMILES string of the molecule is Cc1ccc(C(=O)Oc2cc(F)c(C#N)c(F)c2)c(F)c1. The first-order valence-corrected chi connectivity index (χ1v) is 5.80. The summed E-state index contributed by atoms with van der Waals surface area (Å²) < 4.78 is 45.0. The Morgan fingerprint density at radius 1 is 1.10 bits per heavy atom. The molecule has 0 saturated carbocycles. The Hall–Kier alpha value is -2.81. The maximum atomic E-state index is 13.6. The van der Waals surface area contributed by atoms with Crippen LogP contribution in [0.2, 0.25) is 0 Å². The van der Waals surface area contributed by atoms with Crippen molar-refractivity contribution in [3.63, 3.8) is 0 Å². The quantitative estimate of drug-likeness (QED) is 0.628. The molecule has 0 N–H and O–H groups in total. The molecule has 2 aromatic rings. The Kier molecular flexibility index (Phi) is 3.94. The molecule has 0 heterocycles. The largest absolute Gasteiger partial charge is 0.423 e. The molecule has 0 radical (unpaired) electrons. The topological polar surface area (TPSA) is 50.1 Å². The number of ether oxygens (including phenoxy) is 1. The first-order chi connectivity index (χ1) is 9.92. The smallest absolute Gasteiger partial charge is 0.346 e. The molecule has 0 atom stereocenters. The maximum absolute atomic E-state index is 13.6. The predicted molar refractivity (Wildman–Crippen MR) is 67.2 cm³/mol. The lowest BCUT2D eigenvalue weighted by Crippen LogP contribution is -2.11. The summed E-state index contributed by atoms with van der Waals surface area (Å²) in [5.41, 5.74) is -0.526. The molecule has 0 saturated heterocycles. The summed E-state index contributed by atoms with van der Waals surface area (Å²) in [6.45, 7) is 1.64. The molecule has 21 heavy (non-hydrogen) atoms.